The molecule has 0 spiro atoms. The quantitative estimate of drug-likeness (QED) is 0.283. The van der Waals surface area contributed by atoms with E-state index in [1.807, 2.05) is 12.1 Å². The maximum Gasteiger partial charge on any atom is 0.263 e. The number of amides is 1. The van der Waals surface area contributed by atoms with Crippen LogP contribution in [0.3, 0.4) is 0 Å². The summed E-state index contributed by atoms with van der Waals surface area (Å²) in [6.45, 7) is 4.97. The number of aryl methyl sites for hydroxylation is 1. The molecule has 45 heavy (non-hydrogen) atoms. The van der Waals surface area contributed by atoms with E-state index in [4.69, 9.17) is 10.1 Å². The second kappa shape index (κ2) is 12.6. The number of anilines is 3. The van der Waals surface area contributed by atoms with E-state index in [0.29, 0.717) is 65.7 Å². The van der Waals surface area contributed by atoms with Crippen molar-refractivity contribution in [3.05, 3.63) is 81.4 Å². The second-order valence-electron chi connectivity index (χ2n) is 11.6. The highest BCUT2D eigenvalue weighted by Crippen LogP contribution is 2.32. The van der Waals surface area contributed by atoms with Gasteiger partial charge < -0.3 is 20.2 Å². The zero-order chi connectivity index (χ0) is 31.7. The first-order valence-electron chi connectivity index (χ1n) is 15.2. The monoisotopic (exact) mass is 609 g/mol. The number of benzene rings is 1. The van der Waals surface area contributed by atoms with E-state index in [2.05, 4.69) is 20.2 Å². The molecule has 12 nitrogen and oxygen atoms in total. The van der Waals surface area contributed by atoms with Crippen LogP contribution in [0.4, 0.5) is 17.5 Å². The van der Waals surface area contributed by atoms with Gasteiger partial charge in [-0.2, -0.15) is 4.98 Å². The van der Waals surface area contributed by atoms with Gasteiger partial charge in [0, 0.05) is 54.9 Å². The fraction of sp³-hybridized carbons (Fsp3) is 0.364. The van der Waals surface area contributed by atoms with E-state index in [1.54, 1.807) is 53.0 Å². The van der Waals surface area contributed by atoms with E-state index >= 15 is 0 Å². The largest absolute Gasteiger partial charge is 0.388 e. The van der Waals surface area contributed by atoms with Crippen molar-refractivity contribution in [2.45, 2.75) is 45.6 Å². The predicted molar refractivity (Wildman–Crippen MR) is 170 cm³/mol. The third-order valence-corrected chi connectivity index (χ3v) is 8.77. The van der Waals surface area contributed by atoms with Crippen molar-refractivity contribution < 1.29 is 19.5 Å². The van der Waals surface area contributed by atoms with Crippen LogP contribution in [0.1, 0.15) is 75.3 Å². The first kappa shape index (κ1) is 30.1. The molecule has 1 aliphatic carbocycles. The Labute approximate surface area is 259 Å². The van der Waals surface area contributed by atoms with E-state index in [9.17, 15) is 19.2 Å². The van der Waals surface area contributed by atoms with E-state index < -0.39 is 6.61 Å². The van der Waals surface area contributed by atoms with E-state index in [0.717, 1.165) is 31.4 Å². The fourth-order valence-electron chi connectivity index (χ4n) is 6.31. The lowest BCUT2D eigenvalue weighted by molar-refractivity contribution is 0.0746. The Bertz CT molecular complexity index is 1820. The van der Waals surface area contributed by atoms with Crippen molar-refractivity contribution in [2.75, 3.05) is 43.0 Å². The van der Waals surface area contributed by atoms with Crippen LogP contribution in [0, 0.1) is 6.92 Å². The molecule has 1 saturated carbocycles. The second-order valence-corrected chi connectivity index (χ2v) is 11.6. The van der Waals surface area contributed by atoms with Crippen molar-refractivity contribution in [1.29, 1.82) is 0 Å². The molecule has 2 fully saturated rings. The number of nitrogens with one attached hydrogen (secondary N) is 1. The van der Waals surface area contributed by atoms with Crippen molar-refractivity contribution in [3.63, 3.8) is 0 Å². The Balaban J connectivity index is 1.14. The number of carbonyl (C=O) groups excluding carboxylic acids is 3. The molecule has 0 atom stereocenters. The molecular formula is C33H35N7O5. The van der Waals surface area contributed by atoms with Crippen LogP contribution in [-0.4, -0.2) is 79.8 Å². The molecule has 1 amide bonds. The maximum absolute atomic E-state index is 13.5. The lowest BCUT2D eigenvalue weighted by atomic mass is 10.0. The van der Waals surface area contributed by atoms with Gasteiger partial charge in [-0.3, -0.25) is 23.7 Å². The number of pyridine rings is 2. The summed E-state index contributed by atoms with van der Waals surface area (Å²) in [6, 6.07) is 10.1. The summed E-state index contributed by atoms with van der Waals surface area (Å²) in [5.74, 6) is 0.115. The molecule has 4 heterocycles. The van der Waals surface area contributed by atoms with Crippen LogP contribution >= 0.6 is 0 Å². The van der Waals surface area contributed by atoms with Gasteiger partial charge in [0.25, 0.3) is 11.5 Å². The number of Topliss-reactive ketones (excluding diaryl/α,β-unsaturated/α-hetero) is 2. The molecule has 6 rings (SSSR count). The summed E-state index contributed by atoms with van der Waals surface area (Å²) >= 11 is 0. The molecule has 2 aliphatic rings. The van der Waals surface area contributed by atoms with E-state index in [1.165, 1.54) is 6.92 Å². The molecule has 2 N–H and O–H groups in total. The first-order valence-corrected chi connectivity index (χ1v) is 15.2. The standard InChI is InChI=1S/C33H35N7O5/c1-20-26-18-35-33(37-30(26)40(24-5-3-4-6-24)32(45)29(20)21(2)42)36-28-12-11-25(17-34-28)38-13-15-39(16-14-38)31(44)23-9-7-22(8-10-23)27(43)19-41/h7-12,17-18,24,41H,3-6,13-16,19H2,1-2H3,(H,34,35,36,37). The Morgan fingerprint density at radius 3 is 2.24 bits per heavy atom. The number of fused-ring (bicyclic) bond motifs is 1. The number of aliphatic hydroxyl groups is 1. The number of aliphatic hydroxyl groups excluding tert-OH is 1. The van der Waals surface area contributed by atoms with Crippen molar-refractivity contribution >= 4 is 46.0 Å². The highest BCUT2D eigenvalue weighted by molar-refractivity contribution is 6.00. The minimum Gasteiger partial charge on any atom is -0.388 e. The van der Waals surface area contributed by atoms with Gasteiger partial charge in [0.05, 0.1) is 17.4 Å². The molecule has 1 saturated heterocycles. The molecule has 0 radical (unpaired) electrons. The summed E-state index contributed by atoms with van der Waals surface area (Å²) in [5.41, 5.74) is 2.82. The van der Waals surface area contributed by atoms with Crippen molar-refractivity contribution in [2.24, 2.45) is 0 Å². The number of hydrogen-bond donors (Lipinski definition) is 2. The predicted octanol–water partition coefficient (Wildman–Crippen LogP) is 3.69. The van der Waals surface area contributed by atoms with E-state index in [-0.39, 0.29) is 34.6 Å². The number of rotatable bonds is 8. The highest BCUT2D eigenvalue weighted by Gasteiger charge is 2.26. The average Bonchev–Trinajstić information content (AvgIpc) is 3.59. The molecule has 0 unspecified atom stereocenters. The van der Waals surface area contributed by atoms with Gasteiger partial charge in [-0.15, -0.1) is 0 Å². The molecule has 1 aromatic carbocycles. The summed E-state index contributed by atoms with van der Waals surface area (Å²) in [4.78, 5) is 68.2. The van der Waals surface area contributed by atoms with Crippen LogP contribution in [0.25, 0.3) is 11.0 Å². The molecule has 1 aliphatic heterocycles. The van der Waals surface area contributed by atoms with Crippen LogP contribution in [0.5, 0.6) is 0 Å². The molecule has 3 aromatic heterocycles. The van der Waals surface area contributed by atoms with Gasteiger partial charge >= 0.3 is 0 Å². The van der Waals surface area contributed by atoms with Gasteiger partial charge in [0.15, 0.2) is 11.6 Å². The zero-order valence-electron chi connectivity index (χ0n) is 25.3. The Morgan fingerprint density at radius 1 is 0.933 bits per heavy atom. The van der Waals surface area contributed by atoms with Gasteiger partial charge in [-0.1, -0.05) is 25.0 Å². The fourth-order valence-corrected chi connectivity index (χ4v) is 6.31. The number of nitrogens with zero attached hydrogens (tertiary/aromatic N) is 6. The molecule has 232 valence electrons. The summed E-state index contributed by atoms with van der Waals surface area (Å²) < 4.78 is 1.69. The average molecular weight is 610 g/mol. The Kier molecular flexibility index (Phi) is 8.40. The summed E-state index contributed by atoms with van der Waals surface area (Å²) in [6.07, 6.45) is 7.22. The number of hydrogen-bond acceptors (Lipinski definition) is 10. The van der Waals surface area contributed by atoms with Crippen LogP contribution in [-0.2, 0) is 0 Å². The first-order chi connectivity index (χ1) is 21.7. The molecule has 4 aromatic rings. The zero-order valence-corrected chi connectivity index (χ0v) is 25.3. The third-order valence-electron chi connectivity index (χ3n) is 8.77. The molecular weight excluding hydrogens is 574 g/mol. The molecule has 0 bridgehead atoms. The summed E-state index contributed by atoms with van der Waals surface area (Å²) in [5, 5.41) is 12.9. The van der Waals surface area contributed by atoms with Gasteiger partial charge in [0.2, 0.25) is 5.95 Å². The maximum atomic E-state index is 13.5. The lowest BCUT2D eigenvalue weighted by Crippen LogP contribution is -2.48. The van der Waals surface area contributed by atoms with Gasteiger partial charge in [0.1, 0.15) is 18.1 Å². The van der Waals surface area contributed by atoms with Gasteiger partial charge in [-0.05, 0) is 56.5 Å². The lowest BCUT2D eigenvalue weighted by Gasteiger charge is -2.36. The Morgan fingerprint density at radius 2 is 1.62 bits per heavy atom. The number of ketones is 2. The number of carbonyl (C=O) groups is 3. The minimum absolute atomic E-state index is 0.00212. The Hall–Kier alpha value is -4.97. The van der Waals surface area contributed by atoms with Crippen molar-refractivity contribution in [3.8, 4) is 0 Å². The highest BCUT2D eigenvalue weighted by atomic mass is 16.3. The smallest absolute Gasteiger partial charge is 0.263 e. The number of piperazine rings is 1. The van der Waals surface area contributed by atoms with Crippen molar-refractivity contribution in [1.82, 2.24) is 24.4 Å². The topological polar surface area (TPSA) is 151 Å². The van der Waals surface area contributed by atoms with Crippen LogP contribution < -0.4 is 15.8 Å². The summed E-state index contributed by atoms with van der Waals surface area (Å²) in [7, 11) is 0. The third kappa shape index (κ3) is 5.93. The van der Waals surface area contributed by atoms with Crippen LogP contribution in [0.2, 0.25) is 0 Å². The minimum atomic E-state index is -0.564. The van der Waals surface area contributed by atoms with Crippen LogP contribution in [0.15, 0.2) is 53.6 Å². The number of aromatic nitrogens is 4. The normalized spacial score (nSPS) is 15.4. The molecule has 12 heteroatoms. The SMILES string of the molecule is CC(=O)c1c(C)c2cnc(Nc3ccc(N4CCN(C(=O)c5ccc(C(=O)CO)cc5)CC4)cn3)nc2n(C2CCCC2)c1=O. The van der Waals surface area contributed by atoms with Gasteiger partial charge in [-0.25, -0.2) is 9.97 Å².